The van der Waals surface area contributed by atoms with Gasteiger partial charge in [0.1, 0.15) is 0 Å². The Morgan fingerprint density at radius 3 is 2.00 bits per heavy atom. The molecule has 2 aromatic rings. The van der Waals surface area contributed by atoms with Crippen LogP contribution < -0.4 is 0 Å². The maximum Gasteiger partial charge on any atom is 0.0722 e. The Labute approximate surface area is 202 Å². The molecule has 0 saturated carbocycles. The van der Waals surface area contributed by atoms with Crippen LogP contribution in [-0.4, -0.2) is 13.2 Å². The summed E-state index contributed by atoms with van der Waals surface area (Å²) < 4.78 is 12.0. The number of rotatable bonds is 18. The van der Waals surface area contributed by atoms with Crippen LogP contribution in [0.1, 0.15) is 93.9 Å². The lowest BCUT2D eigenvalue weighted by Gasteiger charge is -2.16. The Kier molecular flexibility index (Phi) is 13.5. The Morgan fingerprint density at radius 2 is 1.33 bits per heavy atom. The van der Waals surface area contributed by atoms with Crippen LogP contribution >= 0.6 is 0 Å². The molecule has 0 spiro atoms. The molecule has 0 amide bonds. The molecule has 180 valence electrons. The number of unbranched alkanes of at least 4 members (excludes halogenated alkanes) is 7. The molecule has 0 atom stereocenters. The maximum absolute atomic E-state index is 6.05. The molecule has 33 heavy (non-hydrogen) atoms. The Hall–Kier alpha value is -2.16. The minimum atomic E-state index is 0.619. The van der Waals surface area contributed by atoms with E-state index in [-0.39, 0.29) is 0 Å². The van der Waals surface area contributed by atoms with Crippen molar-refractivity contribution < 1.29 is 9.47 Å². The van der Waals surface area contributed by atoms with E-state index in [0.29, 0.717) is 13.2 Å². The first-order valence-corrected chi connectivity index (χ1v) is 12.9. The summed E-state index contributed by atoms with van der Waals surface area (Å²) in [5.74, 6) is 0. The highest BCUT2D eigenvalue weighted by Crippen LogP contribution is 2.31. The predicted octanol–water partition coefficient (Wildman–Crippen LogP) is 9.22. The monoisotopic (exact) mass is 448 g/mol. The van der Waals surface area contributed by atoms with Gasteiger partial charge in [0.05, 0.1) is 13.2 Å². The molecule has 0 radical (unpaired) electrons. The van der Waals surface area contributed by atoms with E-state index in [1.165, 1.54) is 67.2 Å². The summed E-state index contributed by atoms with van der Waals surface area (Å²) >= 11 is 0. The van der Waals surface area contributed by atoms with Gasteiger partial charge in [0.25, 0.3) is 0 Å². The van der Waals surface area contributed by atoms with E-state index in [4.69, 9.17) is 9.47 Å². The second-order valence-corrected chi connectivity index (χ2v) is 8.83. The molecule has 0 aromatic heterocycles. The van der Waals surface area contributed by atoms with Crippen molar-refractivity contribution in [1.29, 1.82) is 0 Å². The fraction of sp³-hybridized carbons (Fsp3) is 0.484. The van der Waals surface area contributed by atoms with Crippen LogP contribution in [0.3, 0.4) is 0 Å². The summed E-state index contributed by atoms with van der Waals surface area (Å²) in [6.45, 7) is 15.4. The molecule has 0 unspecified atom stereocenters. The van der Waals surface area contributed by atoms with E-state index in [9.17, 15) is 0 Å². The lowest BCUT2D eigenvalue weighted by atomic mass is 9.92. The first-order chi connectivity index (χ1) is 16.2. The lowest BCUT2D eigenvalue weighted by molar-refractivity contribution is 0.116. The molecule has 2 rings (SSSR count). The van der Waals surface area contributed by atoms with Gasteiger partial charge in [0, 0.05) is 13.2 Å². The molecule has 2 nitrogen and oxygen atoms in total. The second kappa shape index (κ2) is 16.5. The van der Waals surface area contributed by atoms with Crippen molar-refractivity contribution >= 4 is 12.2 Å². The Morgan fingerprint density at radius 1 is 0.667 bits per heavy atom. The van der Waals surface area contributed by atoms with E-state index < -0.39 is 0 Å². The van der Waals surface area contributed by atoms with Gasteiger partial charge in [-0.15, -0.1) is 0 Å². The summed E-state index contributed by atoms with van der Waals surface area (Å²) in [5, 5.41) is 0. The van der Waals surface area contributed by atoms with E-state index in [2.05, 4.69) is 63.4 Å². The zero-order valence-corrected chi connectivity index (χ0v) is 21.0. The van der Waals surface area contributed by atoms with Crippen LogP contribution in [0.4, 0.5) is 0 Å². The third-order valence-corrected chi connectivity index (χ3v) is 6.06. The fourth-order valence-electron chi connectivity index (χ4n) is 4.01. The molecule has 0 saturated heterocycles. The molecule has 0 fully saturated rings. The molecule has 2 heteroatoms. The fourth-order valence-corrected chi connectivity index (χ4v) is 4.01. The zero-order chi connectivity index (χ0) is 23.7. The molecule has 0 aliphatic rings. The molecular formula is C31H44O2. The van der Waals surface area contributed by atoms with Crippen LogP contribution in [0.25, 0.3) is 23.3 Å². The van der Waals surface area contributed by atoms with E-state index in [0.717, 1.165) is 37.2 Å². The van der Waals surface area contributed by atoms with Crippen LogP contribution in [-0.2, 0) is 22.7 Å². The average molecular weight is 449 g/mol. The zero-order valence-electron chi connectivity index (χ0n) is 21.0. The summed E-state index contributed by atoms with van der Waals surface area (Å²) in [5.41, 5.74) is 7.01. The third-order valence-electron chi connectivity index (χ3n) is 6.06. The van der Waals surface area contributed by atoms with Gasteiger partial charge in [-0.25, -0.2) is 0 Å². The van der Waals surface area contributed by atoms with Gasteiger partial charge in [0.15, 0.2) is 0 Å². The maximum atomic E-state index is 6.05. The lowest BCUT2D eigenvalue weighted by Crippen LogP contribution is -2.00. The van der Waals surface area contributed by atoms with Crippen molar-refractivity contribution in [3.63, 3.8) is 0 Å². The number of ether oxygens (including phenoxy) is 2. The topological polar surface area (TPSA) is 18.5 Å². The predicted molar refractivity (Wildman–Crippen MR) is 144 cm³/mol. The highest BCUT2D eigenvalue weighted by atomic mass is 16.5. The van der Waals surface area contributed by atoms with Gasteiger partial charge in [-0.05, 0) is 58.4 Å². The first-order valence-electron chi connectivity index (χ1n) is 12.9. The van der Waals surface area contributed by atoms with E-state index in [1.807, 2.05) is 12.2 Å². The smallest absolute Gasteiger partial charge is 0.0722 e. The van der Waals surface area contributed by atoms with Crippen LogP contribution in [0, 0.1) is 0 Å². The molecule has 0 aliphatic carbocycles. The second-order valence-electron chi connectivity index (χ2n) is 8.83. The van der Waals surface area contributed by atoms with Gasteiger partial charge in [-0.3, -0.25) is 0 Å². The molecular weight excluding hydrogens is 404 g/mol. The largest absolute Gasteiger partial charge is 0.377 e. The highest BCUT2D eigenvalue weighted by molar-refractivity contribution is 5.79. The van der Waals surface area contributed by atoms with Crippen molar-refractivity contribution in [1.82, 2.24) is 0 Å². The van der Waals surface area contributed by atoms with Crippen molar-refractivity contribution in [2.45, 2.75) is 84.8 Å². The third kappa shape index (κ3) is 9.70. The molecule has 0 N–H and O–H groups in total. The van der Waals surface area contributed by atoms with E-state index in [1.54, 1.807) is 0 Å². The quantitative estimate of drug-likeness (QED) is 0.212. The summed E-state index contributed by atoms with van der Waals surface area (Å²) in [7, 11) is 0. The van der Waals surface area contributed by atoms with Crippen LogP contribution in [0.2, 0.25) is 0 Å². The Bertz CT molecular complexity index is 837. The molecule has 0 heterocycles. The van der Waals surface area contributed by atoms with Crippen molar-refractivity contribution in [3.8, 4) is 11.1 Å². The normalized spacial score (nSPS) is 11.0. The Balaban J connectivity index is 2.11. The van der Waals surface area contributed by atoms with Gasteiger partial charge < -0.3 is 9.47 Å². The minimum absolute atomic E-state index is 0.619. The van der Waals surface area contributed by atoms with Gasteiger partial charge in [-0.1, -0.05) is 108 Å². The first kappa shape index (κ1) is 27.1. The molecule has 0 aliphatic heterocycles. The molecule has 0 bridgehead atoms. The minimum Gasteiger partial charge on any atom is -0.377 e. The average Bonchev–Trinajstić information content (AvgIpc) is 2.85. The number of hydrogen-bond acceptors (Lipinski definition) is 2. The van der Waals surface area contributed by atoms with Crippen LogP contribution in [0.5, 0.6) is 0 Å². The van der Waals surface area contributed by atoms with Crippen molar-refractivity contribution in [2.24, 2.45) is 0 Å². The summed E-state index contributed by atoms with van der Waals surface area (Å²) in [6, 6.07) is 13.1. The number of hydrogen-bond donors (Lipinski definition) is 0. The van der Waals surface area contributed by atoms with Gasteiger partial charge in [-0.2, -0.15) is 0 Å². The summed E-state index contributed by atoms with van der Waals surface area (Å²) in [6.07, 6.45) is 15.0. The van der Waals surface area contributed by atoms with E-state index >= 15 is 0 Å². The van der Waals surface area contributed by atoms with Crippen LogP contribution in [0.15, 0.2) is 49.6 Å². The molecule has 2 aromatic carbocycles. The van der Waals surface area contributed by atoms with Gasteiger partial charge in [0.2, 0.25) is 0 Å². The SMILES string of the molecule is C=Cc1ccc(COCCCCCC)c(-c2cc(COCCCCCCC)ccc2C=C)c1. The van der Waals surface area contributed by atoms with Gasteiger partial charge >= 0.3 is 0 Å². The highest BCUT2D eigenvalue weighted by Gasteiger charge is 2.11. The van der Waals surface area contributed by atoms with Crippen molar-refractivity contribution in [3.05, 3.63) is 71.8 Å². The number of benzene rings is 2. The van der Waals surface area contributed by atoms with Crippen molar-refractivity contribution in [2.75, 3.05) is 13.2 Å². The standard InChI is InChI=1S/C31H44O2/c1-5-9-11-13-15-20-32-24-27-17-18-28(8-4)30(23-27)31-22-26(7-3)16-19-29(31)25-33-21-14-12-10-6-2/h7-8,16-19,22-23H,3-6,9-15,20-21,24-25H2,1-2H3. The summed E-state index contributed by atoms with van der Waals surface area (Å²) in [4.78, 5) is 0.